The fourth-order valence-electron chi connectivity index (χ4n) is 2.89. The number of aryl methyl sites for hydroxylation is 2. The second-order valence-electron chi connectivity index (χ2n) is 5.56. The van der Waals surface area contributed by atoms with Gasteiger partial charge in [-0.3, -0.25) is 4.79 Å². The van der Waals surface area contributed by atoms with Crippen LogP contribution < -0.4 is 0 Å². The van der Waals surface area contributed by atoms with Crippen molar-refractivity contribution in [2.45, 2.75) is 26.9 Å². The Kier molecular flexibility index (Phi) is 2.75. The average molecular weight is 296 g/mol. The van der Waals surface area contributed by atoms with Crippen molar-refractivity contribution in [3.8, 4) is 0 Å². The van der Waals surface area contributed by atoms with E-state index in [1.165, 1.54) is 0 Å². The molecule has 1 amide bonds. The standard InChI is InChI=1S/C15H16N6O/c1-10-4-3-5-13-16-12(8-21(10)13)15(22)19-6-7-20-11(2)17-18-14(20)9-19/h3-5,8H,6-7,9H2,1-2H3. The zero-order valence-electron chi connectivity index (χ0n) is 12.5. The molecule has 0 fully saturated rings. The SMILES string of the molecule is Cc1nnc2n1CCN(C(=O)c1cn3c(C)cccc3n1)C2. The monoisotopic (exact) mass is 296 g/mol. The molecule has 4 rings (SSSR count). The fraction of sp³-hybridized carbons (Fsp3) is 0.333. The van der Waals surface area contributed by atoms with Gasteiger partial charge in [0.1, 0.15) is 17.2 Å². The summed E-state index contributed by atoms with van der Waals surface area (Å²) in [6, 6.07) is 5.84. The van der Waals surface area contributed by atoms with Gasteiger partial charge in [-0.25, -0.2) is 4.98 Å². The number of pyridine rings is 1. The summed E-state index contributed by atoms with van der Waals surface area (Å²) in [6.45, 7) is 5.78. The molecule has 0 radical (unpaired) electrons. The van der Waals surface area contributed by atoms with Crippen LogP contribution >= 0.6 is 0 Å². The van der Waals surface area contributed by atoms with E-state index in [2.05, 4.69) is 19.7 Å². The minimum absolute atomic E-state index is 0.0602. The highest BCUT2D eigenvalue weighted by molar-refractivity contribution is 5.93. The molecule has 3 aromatic heterocycles. The van der Waals surface area contributed by atoms with E-state index in [4.69, 9.17) is 0 Å². The summed E-state index contributed by atoms with van der Waals surface area (Å²) in [7, 11) is 0. The van der Waals surface area contributed by atoms with Crippen molar-refractivity contribution >= 4 is 11.6 Å². The molecule has 0 bridgehead atoms. The number of nitrogens with zero attached hydrogens (tertiary/aromatic N) is 6. The van der Waals surface area contributed by atoms with Crippen LogP contribution in [0.4, 0.5) is 0 Å². The zero-order chi connectivity index (χ0) is 15.3. The molecule has 0 saturated carbocycles. The second kappa shape index (κ2) is 4.66. The number of hydrogen-bond acceptors (Lipinski definition) is 4. The maximum absolute atomic E-state index is 12.7. The van der Waals surface area contributed by atoms with Gasteiger partial charge in [-0.1, -0.05) is 6.07 Å². The molecule has 112 valence electrons. The number of imidazole rings is 1. The molecule has 0 aromatic carbocycles. The van der Waals surface area contributed by atoms with Crippen LogP contribution in [0.2, 0.25) is 0 Å². The van der Waals surface area contributed by atoms with E-state index in [0.29, 0.717) is 18.8 Å². The fourth-order valence-corrected chi connectivity index (χ4v) is 2.89. The van der Waals surface area contributed by atoms with Gasteiger partial charge in [0.25, 0.3) is 5.91 Å². The van der Waals surface area contributed by atoms with Crippen molar-refractivity contribution in [3.63, 3.8) is 0 Å². The van der Waals surface area contributed by atoms with Crippen molar-refractivity contribution in [2.75, 3.05) is 6.54 Å². The molecule has 0 saturated heterocycles. The Labute approximate surface area is 127 Å². The number of carbonyl (C=O) groups is 1. The summed E-state index contributed by atoms with van der Waals surface area (Å²) >= 11 is 0. The minimum atomic E-state index is -0.0602. The van der Waals surface area contributed by atoms with Crippen LogP contribution in [-0.2, 0) is 13.1 Å². The summed E-state index contributed by atoms with van der Waals surface area (Å²) in [6.07, 6.45) is 1.80. The van der Waals surface area contributed by atoms with E-state index in [9.17, 15) is 4.79 Å². The van der Waals surface area contributed by atoms with E-state index in [1.54, 1.807) is 11.1 Å². The lowest BCUT2D eigenvalue weighted by atomic mass is 10.3. The molecule has 1 aliphatic heterocycles. The number of carbonyl (C=O) groups excluding carboxylic acids is 1. The third-order valence-corrected chi connectivity index (χ3v) is 4.14. The van der Waals surface area contributed by atoms with Gasteiger partial charge in [-0.05, 0) is 26.0 Å². The van der Waals surface area contributed by atoms with Gasteiger partial charge in [0.05, 0.1) is 6.54 Å². The molecule has 7 heteroatoms. The average Bonchev–Trinajstić information content (AvgIpc) is 3.11. The molecule has 4 heterocycles. The summed E-state index contributed by atoms with van der Waals surface area (Å²) in [5, 5.41) is 8.20. The minimum Gasteiger partial charge on any atom is -0.328 e. The Morgan fingerprint density at radius 3 is 2.86 bits per heavy atom. The van der Waals surface area contributed by atoms with Gasteiger partial charge in [-0.2, -0.15) is 0 Å². The molecule has 3 aromatic rings. The van der Waals surface area contributed by atoms with E-state index in [-0.39, 0.29) is 5.91 Å². The molecule has 7 nitrogen and oxygen atoms in total. The zero-order valence-corrected chi connectivity index (χ0v) is 12.5. The Balaban J connectivity index is 1.65. The van der Waals surface area contributed by atoms with Crippen LogP contribution in [-0.4, -0.2) is 41.5 Å². The first-order valence-electron chi connectivity index (χ1n) is 7.26. The lowest BCUT2D eigenvalue weighted by Gasteiger charge is -2.26. The molecular weight excluding hydrogens is 280 g/mol. The Hall–Kier alpha value is -2.70. The topological polar surface area (TPSA) is 68.3 Å². The highest BCUT2D eigenvalue weighted by atomic mass is 16.2. The van der Waals surface area contributed by atoms with Crippen molar-refractivity contribution in [1.29, 1.82) is 0 Å². The van der Waals surface area contributed by atoms with Crippen molar-refractivity contribution in [2.24, 2.45) is 0 Å². The predicted octanol–water partition coefficient (Wildman–Crippen LogP) is 1.20. The maximum atomic E-state index is 12.7. The van der Waals surface area contributed by atoms with E-state index in [0.717, 1.165) is 29.5 Å². The van der Waals surface area contributed by atoms with Crippen LogP contribution in [0.3, 0.4) is 0 Å². The van der Waals surface area contributed by atoms with E-state index in [1.807, 2.05) is 36.4 Å². The Morgan fingerprint density at radius 1 is 1.18 bits per heavy atom. The lowest BCUT2D eigenvalue weighted by Crippen LogP contribution is -2.38. The van der Waals surface area contributed by atoms with Crippen molar-refractivity contribution < 1.29 is 4.79 Å². The lowest BCUT2D eigenvalue weighted by molar-refractivity contribution is 0.0701. The number of rotatable bonds is 1. The first kappa shape index (κ1) is 13.0. The molecule has 0 aliphatic carbocycles. The van der Waals surface area contributed by atoms with Gasteiger partial charge >= 0.3 is 0 Å². The largest absolute Gasteiger partial charge is 0.328 e. The van der Waals surface area contributed by atoms with Gasteiger partial charge in [0.2, 0.25) is 0 Å². The smallest absolute Gasteiger partial charge is 0.274 e. The third-order valence-electron chi connectivity index (χ3n) is 4.14. The van der Waals surface area contributed by atoms with Crippen LogP contribution in [0.1, 0.15) is 27.8 Å². The van der Waals surface area contributed by atoms with Crippen LogP contribution in [0.15, 0.2) is 24.4 Å². The second-order valence-corrected chi connectivity index (χ2v) is 5.56. The molecule has 0 N–H and O–H groups in total. The number of aromatic nitrogens is 5. The van der Waals surface area contributed by atoms with Gasteiger partial charge in [0, 0.05) is 25.0 Å². The highest BCUT2D eigenvalue weighted by Gasteiger charge is 2.25. The molecule has 0 atom stereocenters. The summed E-state index contributed by atoms with van der Waals surface area (Å²) in [5.74, 6) is 1.66. The highest BCUT2D eigenvalue weighted by Crippen LogP contribution is 2.16. The van der Waals surface area contributed by atoms with Crippen molar-refractivity contribution in [1.82, 2.24) is 29.0 Å². The normalized spacial score (nSPS) is 14.4. The number of amides is 1. The van der Waals surface area contributed by atoms with Crippen LogP contribution in [0, 0.1) is 13.8 Å². The quantitative estimate of drug-likeness (QED) is 0.676. The Morgan fingerprint density at radius 2 is 2.05 bits per heavy atom. The first-order chi connectivity index (χ1) is 10.6. The van der Waals surface area contributed by atoms with E-state index < -0.39 is 0 Å². The van der Waals surface area contributed by atoms with Crippen LogP contribution in [0.25, 0.3) is 5.65 Å². The van der Waals surface area contributed by atoms with Gasteiger partial charge in [0.15, 0.2) is 5.82 Å². The van der Waals surface area contributed by atoms with Gasteiger partial charge < -0.3 is 13.9 Å². The predicted molar refractivity (Wildman–Crippen MR) is 79.4 cm³/mol. The molecule has 1 aliphatic rings. The molecule has 0 spiro atoms. The summed E-state index contributed by atoms with van der Waals surface area (Å²) in [4.78, 5) is 18.9. The maximum Gasteiger partial charge on any atom is 0.274 e. The first-order valence-corrected chi connectivity index (χ1v) is 7.26. The molecule has 22 heavy (non-hydrogen) atoms. The summed E-state index contributed by atoms with van der Waals surface area (Å²) in [5.41, 5.74) is 2.32. The van der Waals surface area contributed by atoms with E-state index >= 15 is 0 Å². The summed E-state index contributed by atoms with van der Waals surface area (Å²) < 4.78 is 3.99. The van der Waals surface area contributed by atoms with Crippen LogP contribution in [0.5, 0.6) is 0 Å². The molecular formula is C15H16N6O. The third kappa shape index (κ3) is 1.89. The number of hydrogen-bond donors (Lipinski definition) is 0. The Bertz CT molecular complexity index is 877. The molecule has 0 unspecified atom stereocenters. The van der Waals surface area contributed by atoms with Gasteiger partial charge in [-0.15, -0.1) is 10.2 Å². The number of fused-ring (bicyclic) bond motifs is 2. The van der Waals surface area contributed by atoms with Crippen molar-refractivity contribution in [3.05, 3.63) is 47.4 Å².